The van der Waals surface area contributed by atoms with Gasteiger partial charge in [0.05, 0.1) is 4.92 Å². The maximum Gasteiger partial charge on any atom is 0.319 e. The van der Waals surface area contributed by atoms with E-state index in [1.54, 1.807) is 6.07 Å². The summed E-state index contributed by atoms with van der Waals surface area (Å²) in [6, 6.07) is 7.94. The molecule has 2 aromatic rings. The van der Waals surface area contributed by atoms with Crippen LogP contribution in [-0.4, -0.2) is 43.5 Å². The van der Waals surface area contributed by atoms with Gasteiger partial charge < -0.3 is 15.5 Å². The number of nitro benzene ring substituents is 1. The summed E-state index contributed by atoms with van der Waals surface area (Å²) >= 11 is 0. The Morgan fingerprint density at radius 1 is 1.25 bits per heavy atom. The molecule has 28 heavy (non-hydrogen) atoms. The van der Waals surface area contributed by atoms with E-state index in [-0.39, 0.29) is 16.6 Å². The fourth-order valence-electron chi connectivity index (χ4n) is 2.83. The van der Waals surface area contributed by atoms with E-state index in [1.165, 1.54) is 36.5 Å². The molecule has 1 aromatic heterocycles. The van der Waals surface area contributed by atoms with Crippen molar-refractivity contribution in [3.8, 4) is 0 Å². The molecular formula is C16H18N6O5S. The Morgan fingerprint density at radius 2 is 1.96 bits per heavy atom. The summed E-state index contributed by atoms with van der Waals surface area (Å²) in [4.78, 5) is 28.2. The van der Waals surface area contributed by atoms with Crippen LogP contribution >= 0.6 is 0 Å². The molecule has 0 saturated carbocycles. The van der Waals surface area contributed by atoms with E-state index < -0.39 is 21.0 Å². The summed E-state index contributed by atoms with van der Waals surface area (Å²) in [6.45, 7) is 1.15. The number of rotatable bonds is 5. The number of nitrogens with two attached hydrogens (primary N) is 1. The second-order valence-corrected chi connectivity index (χ2v) is 7.79. The summed E-state index contributed by atoms with van der Waals surface area (Å²) in [6.07, 6.45) is 1.89. The van der Waals surface area contributed by atoms with Gasteiger partial charge in [0.1, 0.15) is 10.7 Å². The van der Waals surface area contributed by atoms with Crippen LogP contribution in [0.3, 0.4) is 0 Å². The molecular weight excluding hydrogens is 388 g/mol. The fourth-order valence-corrected chi connectivity index (χ4v) is 3.29. The Kier molecular flexibility index (Phi) is 5.42. The van der Waals surface area contributed by atoms with Crippen LogP contribution in [0, 0.1) is 10.1 Å². The second-order valence-electron chi connectivity index (χ2n) is 6.23. The van der Waals surface area contributed by atoms with E-state index in [9.17, 15) is 23.3 Å². The van der Waals surface area contributed by atoms with Crippen molar-refractivity contribution in [2.75, 3.05) is 23.3 Å². The minimum Gasteiger partial charge on any atom is -0.354 e. The SMILES string of the molecule is NS(=O)(=O)c1ccc(N2CC[C@H](NC(=O)Nc3ccc([N+](=O)[O-])cc3)C2)nc1. The van der Waals surface area contributed by atoms with E-state index in [4.69, 9.17) is 5.14 Å². The summed E-state index contributed by atoms with van der Waals surface area (Å²) in [5, 5.41) is 21.2. The van der Waals surface area contributed by atoms with Crippen LogP contribution in [0.2, 0.25) is 0 Å². The molecule has 1 aliphatic rings. The summed E-state index contributed by atoms with van der Waals surface area (Å²) in [5.41, 5.74) is 0.386. The zero-order valence-corrected chi connectivity index (χ0v) is 15.4. The number of nitrogens with zero attached hydrogens (tertiary/aromatic N) is 3. The topological polar surface area (TPSA) is 161 Å². The fraction of sp³-hybridized carbons (Fsp3) is 0.250. The number of sulfonamides is 1. The molecule has 2 heterocycles. The van der Waals surface area contributed by atoms with Crippen LogP contribution in [0.25, 0.3) is 0 Å². The molecule has 0 bridgehead atoms. The summed E-state index contributed by atoms with van der Waals surface area (Å²) in [5.74, 6) is 0.590. The number of amides is 2. The molecule has 3 rings (SSSR count). The number of pyridine rings is 1. The van der Waals surface area contributed by atoms with Crippen LogP contribution in [0.5, 0.6) is 0 Å². The number of carbonyl (C=O) groups excluding carboxylic acids is 1. The maximum absolute atomic E-state index is 12.1. The maximum atomic E-state index is 12.1. The van der Waals surface area contributed by atoms with Crippen molar-refractivity contribution in [1.29, 1.82) is 0 Å². The van der Waals surface area contributed by atoms with Crippen LogP contribution in [-0.2, 0) is 10.0 Å². The predicted molar refractivity (Wildman–Crippen MR) is 101 cm³/mol. The lowest BCUT2D eigenvalue weighted by atomic mass is 10.2. The van der Waals surface area contributed by atoms with Crippen molar-refractivity contribution in [2.24, 2.45) is 5.14 Å². The highest BCUT2D eigenvalue weighted by molar-refractivity contribution is 7.89. The first-order valence-corrected chi connectivity index (χ1v) is 9.83. The normalized spacial score (nSPS) is 16.6. The van der Waals surface area contributed by atoms with Gasteiger partial charge in [-0.15, -0.1) is 0 Å². The van der Waals surface area contributed by atoms with Crippen molar-refractivity contribution < 1.29 is 18.1 Å². The highest BCUT2D eigenvalue weighted by atomic mass is 32.2. The molecule has 1 fully saturated rings. The van der Waals surface area contributed by atoms with E-state index in [2.05, 4.69) is 15.6 Å². The third-order valence-corrected chi connectivity index (χ3v) is 5.13. The molecule has 0 aliphatic carbocycles. The van der Waals surface area contributed by atoms with Gasteiger partial charge in [-0.05, 0) is 30.7 Å². The van der Waals surface area contributed by atoms with E-state index in [1.807, 2.05) is 4.90 Å². The predicted octanol–water partition coefficient (Wildman–Crippen LogP) is 1.04. The molecule has 2 amide bonds. The zero-order valence-electron chi connectivity index (χ0n) is 14.6. The molecule has 0 unspecified atom stereocenters. The molecule has 1 aliphatic heterocycles. The molecule has 0 radical (unpaired) electrons. The van der Waals surface area contributed by atoms with E-state index in [0.29, 0.717) is 31.0 Å². The number of hydrogen-bond donors (Lipinski definition) is 3. The Bertz CT molecular complexity index is 978. The number of aromatic nitrogens is 1. The lowest BCUT2D eigenvalue weighted by molar-refractivity contribution is -0.384. The molecule has 148 valence electrons. The number of carbonyl (C=O) groups is 1. The van der Waals surface area contributed by atoms with Gasteiger partial charge in [-0.1, -0.05) is 0 Å². The zero-order chi connectivity index (χ0) is 20.3. The Hall–Kier alpha value is -3.25. The Balaban J connectivity index is 1.54. The number of nitro groups is 1. The molecule has 1 saturated heterocycles. The summed E-state index contributed by atoms with van der Waals surface area (Å²) < 4.78 is 22.6. The van der Waals surface area contributed by atoms with Gasteiger partial charge in [-0.2, -0.15) is 0 Å². The van der Waals surface area contributed by atoms with Crippen molar-refractivity contribution in [3.63, 3.8) is 0 Å². The molecule has 0 spiro atoms. The first kappa shape index (κ1) is 19.5. The molecule has 11 nitrogen and oxygen atoms in total. The number of urea groups is 1. The first-order valence-electron chi connectivity index (χ1n) is 8.28. The number of primary sulfonamides is 1. The Morgan fingerprint density at radius 3 is 2.54 bits per heavy atom. The lowest BCUT2D eigenvalue weighted by Crippen LogP contribution is -2.39. The average Bonchev–Trinajstić information content (AvgIpc) is 3.10. The third kappa shape index (κ3) is 4.72. The van der Waals surface area contributed by atoms with Gasteiger partial charge >= 0.3 is 6.03 Å². The second kappa shape index (κ2) is 7.78. The van der Waals surface area contributed by atoms with Gasteiger partial charge in [0.2, 0.25) is 10.0 Å². The molecule has 4 N–H and O–H groups in total. The van der Waals surface area contributed by atoms with Crippen molar-refractivity contribution in [3.05, 3.63) is 52.7 Å². The Labute approximate surface area is 160 Å². The van der Waals surface area contributed by atoms with Crippen molar-refractivity contribution in [2.45, 2.75) is 17.4 Å². The standard InChI is InChI=1S/C16H18N6O5S/c17-28(26,27)14-5-6-15(18-9-14)21-8-7-12(10-21)20-16(23)19-11-1-3-13(4-2-11)22(24)25/h1-6,9,12H,7-8,10H2,(H2,17,26,27)(H2,19,20,23)/t12-/m0/s1. The minimum absolute atomic E-state index is 0.0571. The smallest absolute Gasteiger partial charge is 0.319 e. The van der Waals surface area contributed by atoms with Crippen LogP contribution < -0.4 is 20.7 Å². The van der Waals surface area contributed by atoms with Crippen molar-refractivity contribution >= 4 is 33.2 Å². The van der Waals surface area contributed by atoms with Gasteiger partial charge in [0.25, 0.3) is 5.69 Å². The van der Waals surface area contributed by atoms with Gasteiger partial charge in [-0.3, -0.25) is 10.1 Å². The van der Waals surface area contributed by atoms with Gasteiger partial charge in [0, 0.05) is 43.1 Å². The van der Waals surface area contributed by atoms with Gasteiger partial charge in [0.15, 0.2) is 0 Å². The summed E-state index contributed by atoms with van der Waals surface area (Å²) in [7, 11) is -3.79. The van der Waals surface area contributed by atoms with Crippen LogP contribution in [0.4, 0.5) is 22.0 Å². The highest BCUT2D eigenvalue weighted by Gasteiger charge is 2.25. The van der Waals surface area contributed by atoms with Crippen LogP contribution in [0.1, 0.15) is 6.42 Å². The number of non-ortho nitro benzene ring substituents is 1. The van der Waals surface area contributed by atoms with Gasteiger partial charge in [-0.25, -0.2) is 23.3 Å². The third-order valence-electron chi connectivity index (χ3n) is 4.23. The first-order chi connectivity index (χ1) is 13.2. The van der Waals surface area contributed by atoms with Crippen LogP contribution in [0.15, 0.2) is 47.5 Å². The van der Waals surface area contributed by atoms with E-state index >= 15 is 0 Å². The quantitative estimate of drug-likeness (QED) is 0.494. The number of benzene rings is 1. The minimum atomic E-state index is -3.79. The molecule has 1 atom stereocenters. The average molecular weight is 406 g/mol. The number of anilines is 2. The monoisotopic (exact) mass is 406 g/mol. The lowest BCUT2D eigenvalue weighted by Gasteiger charge is -2.18. The van der Waals surface area contributed by atoms with Crippen molar-refractivity contribution in [1.82, 2.24) is 10.3 Å². The van der Waals surface area contributed by atoms with E-state index in [0.717, 1.165) is 0 Å². The molecule has 12 heteroatoms. The number of hydrogen-bond acceptors (Lipinski definition) is 7. The largest absolute Gasteiger partial charge is 0.354 e. The molecule has 1 aromatic carbocycles. The highest BCUT2D eigenvalue weighted by Crippen LogP contribution is 2.20. The number of nitrogens with one attached hydrogen (secondary N) is 2.